The van der Waals surface area contributed by atoms with Crippen LogP contribution in [0.15, 0.2) is 18.2 Å². The molecule has 3 unspecified atom stereocenters. The van der Waals surface area contributed by atoms with Crippen LogP contribution < -0.4 is 10.6 Å². The van der Waals surface area contributed by atoms with Crippen molar-refractivity contribution >= 4 is 29.7 Å². The molecule has 1 aliphatic rings. The number of carbonyl (C=O) groups is 3. The van der Waals surface area contributed by atoms with Gasteiger partial charge < -0.3 is 20.3 Å². The highest BCUT2D eigenvalue weighted by Gasteiger charge is 2.44. The maximum Gasteiger partial charge on any atom is 0.408 e. The van der Waals surface area contributed by atoms with Crippen LogP contribution in [0.5, 0.6) is 0 Å². The lowest BCUT2D eigenvalue weighted by Crippen LogP contribution is -2.54. The summed E-state index contributed by atoms with van der Waals surface area (Å²) in [5, 5.41) is 5.96. The molecule has 202 valence electrons. The van der Waals surface area contributed by atoms with Gasteiger partial charge in [-0.1, -0.05) is 31.5 Å². The Hall–Kier alpha value is -2.22. The summed E-state index contributed by atoms with van der Waals surface area (Å²) in [5.74, 6) is 0.283. The van der Waals surface area contributed by atoms with E-state index in [4.69, 9.17) is 4.74 Å². The average molecular weight is 520 g/mol. The Bertz CT molecular complexity index is 911. The largest absolute Gasteiger partial charge is 0.444 e. The number of carbonyl (C=O) groups excluding carboxylic acids is 3. The minimum atomic E-state index is -0.776. The van der Waals surface area contributed by atoms with Gasteiger partial charge in [0.1, 0.15) is 17.7 Å². The number of aryl methyl sites for hydroxylation is 1. The second-order valence-electron chi connectivity index (χ2n) is 10.8. The molecule has 2 N–H and O–H groups in total. The Kier molecular flexibility index (Phi) is 11.1. The number of nitrogens with zero attached hydrogens (tertiary/aromatic N) is 1. The van der Waals surface area contributed by atoms with Crippen LogP contribution in [0.4, 0.5) is 4.79 Å². The van der Waals surface area contributed by atoms with Crippen LogP contribution >= 0.6 is 11.8 Å². The van der Waals surface area contributed by atoms with E-state index in [1.54, 1.807) is 37.4 Å². The van der Waals surface area contributed by atoms with Crippen molar-refractivity contribution < 1.29 is 19.1 Å². The number of alkyl carbamates (subject to hydrolysis) is 1. The van der Waals surface area contributed by atoms with Crippen LogP contribution in [0, 0.1) is 13.8 Å². The summed E-state index contributed by atoms with van der Waals surface area (Å²) in [4.78, 5) is 42.3. The predicted molar refractivity (Wildman–Crippen MR) is 147 cm³/mol. The molecule has 1 aliphatic carbocycles. The van der Waals surface area contributed by atoms with E-state index in [1.165, 1.54) is 0 Å². The molecule has 1 aromatic rings. The summed E-state index contributed by atoms with van der Waals surface area (Å²) in [6.07, 6.45) is 5.29. The van der Waals surface area contributed by atoms with E-state index in [0.29, 0.717) is 12.2 Å². The van der Waals surface area contributed by atoms with Gasteiger partial charge in [-0.05, 0) is 95.9 Å². The Morgan fingerprint density at radius 3 is 2.36 bits per heavy atom. The van der Waals surface area contributed by atoms with Gasteiger partial charge in [0.15, 0.2) is 0 Å². The van der Waals surface area contributed by atoms with E-state index in [0.717, 1.165) is 42.4 Å². The van der Waals surface area contributed by atoms with E-state index in [1.807, 2.05) is 45.2 Å². The van der Waals surface area contributed by atoms with Crippen LogP contribution in [-0.2, 0) is 14.3 Å². The summed E-state index contributed by atoms with van der Waals surface area (Å²) >= 11 is 1.61. The van der Waals surface area contributed by atoms with Crippen molar-refractivity contribution in [2.45, 2.75) is 110 Å². The molecule has 0 aliphatic heterocycles. The quantitative estimate of drug-likeness (QED) is 0.392. The van der Waals surface area contributed by atoms with Crippen molar-refractivity contribution in [3.05, 3.63) is 34.9 Å². The second-order valence-corrected chi connectivity index (χ2v) is 11.8. The first-order valence-corrected chi connectivity index (χ1v) is 14.5. The first-order valence-electron chi connectivity index (χ1n) is 13.1. The number of amides is 3. The van der Waals surface area contributed by atoms with E-state index in [9.17, 15) is 14.4 Å². The van der Waals surface area contributed by atoms with Gasteiger partial charge in [0.2, 0.25) is 11.8 Å². The first kappa shape index (κ1) is 30.0. The second kappa shape index (κ2) is 13.4. The molecule has 0 radical (unpaired) electrons. The van der Waals surface area contributed by atoms with Crippen LogP contribution in [0.25, 0.3) is 0 Å². The number of rotatable bonds is 12. The highest BCUT2D eigenvalue weighted by Crippen LogP contribution is 2.37. The van der Waals surface area contributed by atoms with Crippen LogP contribution in [0.2, 0.25) is 0 Å². The maximum atomic E-state index is 14.1. The van der Waals surface area contributed by atoms with Crippen LogP contribution in [-0.4, -0.2) is 58.5 Å². The van der Waals surface area contributed by atoms with Crippen molar-refractivity contribution in [2.24, 2.45) is 0 Å². The number of benzene rings is 1. The minimum absolute atomic E-state index is 0.00144. The molecule has 7 nitrogen and oxygen atoms in total. The van der Waals surface area contributed by atoms with Gasteiger partial charge >= 0.3 is 6.09 Å². The molecule has 0 bridgehead atoms. The monoisotopic (exact) mass is 519 g/mol. The highest BCUT2D eigenvalue weighted by atomic mass is 32.2. The van der Waals surface area contributed by atoms with Crippen molar-refractivity contribution in [3.63, 3.8) is 0 Å². The zero-order valence-electron chi connectivity index (χ0n) is 23.3. The first-order chi connectivity index (χ1) is 16.9. The number of nitrogens with one attached hydrogen (secondary N) is 2. The van der Waals surface area contributed by atoms with Crippen LogP contribution in [0.1, 0.15) is 89.5 Å². The summed E-state index contributed by atoms with van der Waals surface area (Å²) < 4.78 is 5.45. The Morgan fingerprint density at radius 2 is 1.81 bits per heavy atom. The molecule has 2 rings (SSSR count). The third-order valence-electron chi connectivity index (χ3n) is 6.37. The van der Waals surface area contributed by atoms with Gasteiger partial charge in [0, 0.05) is 12.1 Å². The van der Waals surface area contributed by atoms with Crippen molar-refractivity contribution in [3.8, 4) is 0 Å². The number of thioether (sulfide) groups is 1. The number of hydrogen-bond donors (Lipinski definition) is 2. The molecule has 1 saturated carbocycles. The van der Waals surface area contributed by atoms with E-state index < -0.39 is 23.8 Å². The molecule has 1 fully saturated rings. The molecule has 1 aromatic carbocycles. The van der Waals surface area contributed by atoms with Gasteiger partial charge in [-0.3, -0.25) is 9.59 Å². The highest BCUT2D eigenvalue weighted by molar-refractivity contribution is 7.98. The smallest absolute Gasteiger partial charge is 0.408 e. The third-order valence-corrected chi connectivity index (χ3v) is 7.02. The topological polar surface area (TPSA) is 87.7 Å². The Labute approximate surface area is 221 Å². The summed E-state index contributed by atoms with van der Waals surface area (Å²) in [6.45, 7) is 13.5. The lowest BCUT2D eigenvalue weighted by molar-refractivity contribution is -0.143. The van der Waals surface area contributed by atoms with Gasteiger partial charge in [0.25, 0.3) is 0 Å². The van der Waals surface area contributed by atoms with E-state index >= 15 is 0 Å². The summed E-state index contributed by atoms with van der Waals surface area (Å²) in [6, 6.07) is 4.32. The molecule has 8 heteroatoms. The zero-order valence-corrected chi connectivity index (χ0v) is 24.1. The average Bonchev–Trinajstić information content (AvgIpc) is 3.60. The molecule has 0 saturated heterocycles. The lowest BCUT2D eigenvalue weighted by atomic mass is 9.94. The maximum absolute atomic E-state index is 14.1. The fraction of sp³-hybridized carbons (Fsp3) is 0.679. The molecule has 0 aromatic heterocycles. The summed E-state index contributed by atoms with van der Waals surface area (Å²) in [7, 11) is 0. The number of ether oxygens (including phenoxy) is 1. The van der Waals surface area contributed by atoms with Crippen molar-refractivity contribution in [1.82, 2.24) is 15.5 Å². The third kappa shape index (κ3) is 8.71. The summed E-state index contributed by atoms with van der Waals surface area (Å²) in [5.41, 5.74) is 2.22. The van der Waals surface area contributed by atoms with Gasteiger partial charge in [-0.25, -0.2) is 4.79 Å². The van der Waals surface area contributed by atoms with Crippen LogP contribution in [0.3, 0.4) is 0 Å². The minimum Gasteiger partial charge on any atom is -0.444 e. The molecular formula is C28H45N3O4S. The molecular weight excluding hydrogens is 474 g/mol. The van der Waals surface area contributed by atoms with Gasteiger partial charge in [0.05, 0.1) is 0 Å². The van der Waals surface area contributed by atoms with Gasteiger partial charge in [-0.2, -0.15) is 11.8 Å². The van der Waals surface area contributed by atoms with Crippen molar-refractivity contribution in [2.75, 3.05) is 12.0 Å². The van der Waals surface area contributed by atoms with Crippen molar-refractivity contribution in [1.29, 1.82) is 0 Å². The molecule has 0 spiro atoms. The van der Waals surface area contributed by atoms with E-state index in [2.05, 4.69) is 17.6 Å². The lowest BCUT2D eigenvalue weighted by Gasteiger charge is -2.36. The predicted octanol–water partition coefficient (Wildman–Crippen LogP) is 5.29. The van der Waals surface area contributed by atoms with Gasteiger partial charge in [-0.15, -0.1) is 0 Å². The SMILES string of the molecule is CCCC(C)NC(=O)C(c1cccc(C)c1C)N(C(=O)C(CCSC)NC(=O)OC(C)(C)C)C1CC1. The molecule has 3 amide bonds. The molecule has 0 heterocycles. The Balaban J connectivity index is 2.47. The molecule has 36 heavy (non-hydrogen) atoms. The fourth-order valence-corrected chi connectivity index (χ4v) is 4.78. The van der Waals surface area contributed by atoms with E-state index in [-0.39, 0.29) is 23.9 Å². The molecule has 3 atom stereocenters. The number of hydrogen-bond acceptors (Lipinski definition) is 5. The normalized spacial score (nSPS) is 16.0. The standard InChI is InChI=1S/C28H45N3O4S/c1-9-11-19(3)29-25(32)24(22-13-10-12-18(2)20(22)4)31(21-14-15-21)26(33)23(16-17-36-8)30-27(34)35-28(5,6)7/h10,12-13,19,21,23-24H,9,11,14-17H2,1-8H3,(H,29,32)(H,30,34). The fourth-order valence-electron chi connectivity index (χ4n) is 4.31. The Morgan fingerprint density at radius 1 is 1.14 bits per heavy atom. The zero-order chi connectivity index (χ0) is 27.0.